The van der Waals surface area contributed by atoms with E-state index >= 15 is 0 Å². The normalized spacial score (nSPS) is 14.2. The number of aromatic nitrogens is 2. The number of rotatable bonds is 5. The number of nitrogens with zero attached hydrogens (tertiary/aromatic N) is 3. The molecule has 1 fully saturated rings. The van der Waals surface area contributed by atoms with Crippen molar-refractivity contribution < 1.29 is 18.7 Å². The summed E-state index contributed by atoms with van der Waals surface area (Å²) < 4.78 is 26.6. The number of halogens is 1. The molecule has 0 radical (unpaired) electrons. The summed E-state index contributed by atoms with van der Waals surface area (Å²) >= 11 is 0. The summed E-state index contributed by atoms with van der Waals surface area (Å²) in [6, 6.07) is 12.7. The molecule has 0 atom stereocenters. The van der Waals surface area contributed by atoms with Gasteiger partial charge >= 0.3 is 12.0 Å². The first-order valence-corrected chi connectivity index (χ1v) is 9.58. The number of amides is 1. The maximum Gasteiger partial charge on any atom is 0.330 e. The van der Waals surface area contributed by atoms with Gasteiger partial charge in [0.25, 0.3) is 0 Å². The zero-order chi connectivity index (χ0) is 20.2. The molecule has 0 saturated carbocycles. The van der Waals surface area contributed by atoms with Gasteiger partial charge in [-0.05, 0) is 24.1 Å². The van der Waals surface area contributed by atoms with Crippen molar-refractivity contribution in [2.45, 2.75) is 6.42 Å². The Kier molecular flexibility index (Phi) is 5.62. The monoisotopic (exact) mass is 398 g/mol. The minimum Gasteiger partial charge on any atom is -0.468 e. The number of anilines is 1. The lowest BCUT2D eigenvalue weighted by Gasteiger charge is -2.28. The molecule has 2 heterocycles. The van der Waals surface area contributed by atoms with Crippen LogP contribution in [0.3, 0.4) is 0 Å². The highest BCUT2D eigenvalue weighted by Gasteiger charge is 2.22. The van der Waals surface area contributed by atoms with Crippen molar-refractivity contribution in [1.82, 2.24) is 14.9 Å². The van der Waals surface area contributed by atoms with E-state index in [1.54, 1.807) is 6.07 Å². The lowest BCUT2D eigenvalue weighted by molar-refractivity contribution is 0.122. The number of imidazole rings is 1. The molecule has 1 aromatic heterocycles. The van der Waals surface area contributed by atoms with E-state index in [1.165, 1.54) is 17.7 Å². The van der Waals surface area contributed by atoms with Gasteiger partial charge < -0.3 is 19.7 Å². The minimum atomic E-state index is -0.488. The molecule has 1 saturated heterocycles. The van der Waals surface area contributed by atoms with Crippen molar-refractivity contribution in [1.29, 1.82) is 0 Å². The topological polar surface area (TPSA) is 68.6 Å². The van der Waals surface area contributed by atoms with Gasteiger partial charge in [0.1, 0.15) is 5.52 Å². The van der Waals surface area contributed by atoms with Gasteiger partial charge in [0, 0.05) is 25.3 Å². The number of morpholine rings is 1. The van der Waals surface area contributed by atoms with E-state index in [2.05, 4.69) is 10.3 Å². The fraction of sp³-hybridized carbons (Fsp3) is 0.333. The van der Waals surface area contributed by atoms with Crippen LogP contribution in [-0.2, 0) is 11.2 Å². The van der Waals surface area contributed by atoms with E-state index in [4.69, 9.17) is 9.47 Å². The largest absolute Gasteiger partial charge is 0.468 e. The van der Waals surface area contributed by atoms with Crippen LogP contribution in [0.25, 0.3) is 11.0 Å². The molecule has 4 rings (SSSR count). The Balaban J connectivity index is 1.61. The Bertz CT molecular complexity index is 1000. The Morgan fingerprint density at radius 2 is 2.00 bits per heavy atom. The molecule has 1 aliphatic rings. The van der Waals surface area contributed by atoms with Crippen LogP contribution in [0.2, 0.25) is 0 Å². The number of fused-ring (bicyclic) bond motifs is 1. The molecule has 0 spiro atoms. The van der Waals surface area contributed by atoms with Gasteiger partial charge in [-0.1, -0.05) is 30.3 Å². The van der Waals surface area contributed by atoms with Crippen molar-refractivity contribution in [2.24, 2.45) is 0 Å². The first-order chi connectivity index (χ1) is 14.2. The minimum absolute atomic E-state index is 0.0511. The fourth-order valence-electron chi connectivity index (χ4n) is 3.48. The van der Waals surface area contributed by atoms with Crippen molar-refractivity contribution in [2.75, 3.05) is 44.9 Å². The lowest BCUT2D eigenvalue weighted by Crippen LogP contribution is -2.36. The summed E-state index contributed by atoms with van der Waals surface area (Å²) in [5.74, 6) is -0.488. The van der Waals surface area contributed by atoms with Crippen LogP contribution in [-0.4, -0.2) is 55.5 Å². The number of ether oxygens (including phenoxy) is 2. The Hall–Kier alpha value is -3.13. The summed E-state index contributed by atoms with van der Waals surface area (Å²) in [6.07, 6.45) is 0.689. The van der Waals surface area contributed by atoms with Gasteiger partial charge in [-0.15, -0.1) is 0 Å². The van der Waals surface area contributed by atoms with Crippen LogP contribution in [0.15, 0.2) is 42.5 Å². The van der Waals surface area contributed by atoms with Crippen molar-refractivity contribution >= 4 is 22.8 Å². The highest BCUT2D eigenvalue weighted by atomic mass is 19.1. The first-order valence-electron chi connectivity index (χ1n) is 9.58. The number of carbonyl (C=O) groups is 1. The third-order valence-corrected chi connectivity index (χ3v) is 4.96. The standard InChI is InChI=1S/C21H23FN4O3/c1-28-21-24-19-17(22)13-16(25-9-11-29-12-10-25)14-18(19)26(21)20(27)23-8-7-15-5-3-2-4-6-15/h2-6,13-14H,7-12H2,1H3,(H,23,27). The number of carbonyl (C=O) groups excluding carboxylic acids is 1. The number of nitrogens with one attached hydrogen (secondary N) is 1. The van der Waals surface area contributed by atoms with Crippen LogP contribution in [0.1, 0.15) is 5.56 Å². The maximum absolute atomic E-state index is 14.7. The zero-order valence-corrected chi connectivity index (χ0v) is 16.2. The predicted octanol–water partition coefficient (Wildman–Crippen LogP) is 2.82. The fourth-order valence-corrected chi connectivity index (χ4v) is 3.48. The summed E-state index contributed by atoms with van der Waals surface area (Å²) in [4.78, 5) is 19.1. The molecule has 29 heavy (non-hydrogen) atoms. The Morgan fingerprint density at radius 3 is 2.72 bits per heavy atom. The van der Waals surface area contributed by atoms with E-state index in [-0.39, 0.29) is 11.5 Å². The molecule has 0 aliphatic carbocycles. The molecule has 1 amide bonds. The number of hydrogen-bond acceptors (Lipinski definition) is 5. The van der Waals surface area contributed by atoms with Gasteiger partial charge in [0.2, 0.25) is 0 Å². The molecule has 7 nitrogen and oxygen atoms in total. The molecule has 152 valence electrons. The summed E-state index contributed by atoms with van der Waals surface area (Å²) in [5, 5.41) is 2.87. The van der Waals surface area contributed by atoms with E-state index in [0.717, 1.165) is 5.56 Å². The first kappa shape index (κ1) is 19.2. The van der Waals surface area contributed by atoms with E-state index in [9.17, 15) is 9.18 Å². The van der Waals surface area contributed by atoms with Crippen LogP contribution in [0.4, 0.5) is 14.9 Å². The van der Waals surface area contributed by atoms with Gasteiger partial charge in [0.15, 0.2) is 5.82 Å². The summed E-state index contributed by atoms with van der Waals surface area (Å²) in [5.41, 5.74) is 2.30. The van der Waals surface area contributed by atoms with Gasteiger partial charge in [-0.3, -0.25) is 0 Å². The summed E-state index contributed by atoms with van der Waals surface area (Å²) in [6.45, 7) is 2.95. The predicted molar refractivity (Wildman–Crippen MR) is 108 cm³/mol. The Labute approximate surface area is 168 Å². The molecule has 0 bridgehead atoms. The van der Waals surface area contributed by atoms with Crippen molar-refractivity contribution in [3.8, 4) is 6.01 Å². The summed E-state index contributed by atoms with van der Waals surface area (Å²) in [7, 11) is 1.41. The van der Waals surface area contributed by atoms with E-state index in [0.29, 0.717) is 50.5 Å². The van der Waals surface area contributed by atoms with E-state index < -0.39 is 11.8 Å². The molecule has 2 aromatic carbocycles. The number of methoxy groups -OCH3 is 1. The smallest absolute Gasteiger partial charge is 0.330 e. The quantitative estimate of drug-likeness (QED) is 0.716. The lowest BCUT2D eigenvalue weighted by atomic mass is 10.1. The zero-order valence-electron chi connectivity index (χ0n) is 16.2. The second kappa shape index (κ2) is 8.48. The van der Waals surface area contributed by atoms with Crippen molar-refractivity contribution in [3.63, 3.8) is 0 Å². The molecule has 0 unspecified atom stereocenters. The SMILES string of the molecule is COc1nc2c(F)cc(N3CCOCC3)cc2n1C(=O)NCCc1ccccc1. The highest BCUT2D eigenvalue weighted by molar-refractivity contribution is 5.93. The van der Waals surface area contributed by atoms with Crippen LogP contribution < -0.4 is 15.0 Å². The second-order valence-corrected chi connectivity index (χ2v) is 6.80. The molecular weight excluding hydrogens is 375 g/mol. The van der Waals surface area contributed by atoms with E-state index in [1.807, 2.05) is 35.2 Å². The molecule has 3 aromatic rings. The van der Waals surface area contributed by atoms with Gasteiger partial charge in [-0.25, -0.2) is 13.8 Å². The molecule has 8 heteroatoms. The number of benzene rings is 2. The average Bonchev–Trinajstić information content (AvgIpc) is 3.14. The maximum atomic E-state index is 14.7. The highest BCUT2D eigenvalue weighted by Crippen LogP contribution is 2.29. The van der Waals surface area contributed by atoms with Gasteiger partial charge in [0.05, 0.1) is 25.8 Å². The van der Waals surface area contributed by atoms with Crippen molar-refractivity contribution in [3.05, 3.63) is 53.8 Å². The average molecular weight is 398 g/mol. The molecule has 1 N–H and O–H groups in total. The second-order valence-electron chi connectivity index (χ2n) is 6.80. The third kappa shape index (κ3) is 4.02. The molecular formula is C21H23FN4O3. The van der Waals surface area contributed by atoms with Crippen LogP contribution in [0, 0.1) is 5.82 Å². The molecule has 1 aliphatic heterocycles. The van der Waals surface area contributed by atoms with Gasteiger partial charge in [-0.2, -0.15) is 4.98 Å². The van der Waals surface area contributed by atoms with Crippen LogP contribution >= 0.6 is 0 Å². The number of hydrogen-bond donors (Lipinski definition) is 1. The Morgan fingerprint density at radius 1 is 1.24 bits per heavy atom. The third-order valence-electron chi connectivity index (χ3n) is 4.96. The van der Waals surface area contributed by atoms with Crippen LogP contribution in [0.5, 0.6) is 6.01 Å².